The van der Waals surface area contributed by atoms with Gasteiger partial charge in [0.1, 0.15) is 0 Å². The smallest absolute Gasteiger partial charge is 0.241 e. The Hall–Kier alpha value is -0.570. The molecule has 3 rings (SSSR count). The zero-order valence-corrected chi connectivity index (χ0v) is 13.8. The topological polar surface area (TPSA) is 32.3 Å². The van der Waals surface area contributed by atoms with Crippen molar-refractivity contribution in [3.05, 3.63) is 0 Å². The molecule has 120 valence electrons. The highest BCUT2D eigenvalue weighted by Crippen LogP contribution is 2.36. The highest BCUT2D eigenvalue weighted by molar-refractivity contribution is 5.84. The summed E-state index contributed by atoms with van der Waals surface area (Å²) in [5.74, 6) is 2.52. The minimum Gasteiger partial charge on any atom is -0.326 e. The summed E-state index contributed by atoms with van der Waals surface area (Å²) in [6.07, 6.45) is 12.1. The number of nitrogens with zero attached hydrogens (tertiary/aromatic N) is 1. The molecule has 2 aliphatic carbocycles. The van der Waals surface area contributed by atoms with Crippen molar-refractivity contribution in [2.75, 3.05) is 6.54 Å². The third-order valence-electron chi connectivity index (χ3n) is 6.00. The summed E-state index contributed by atoms with van der Waals surface area (Å²) in [5.41, 5.74) is 0. The number of hydrogen-bond donors (Lipinski definition) is 1. The largest absolute Gasteiger partial charge is 0.326 e. The van der Waals surface area contributed by atoms with Gasteiger partial charge in [0.05, 0.1) is 12.2 Å². The fourth-order valence-electron chi connectivity index (χ4n) is 4.17. The first-order chi connectivity index (χ1) is 10.2. The molecule has 21 heavy (non-hydrogen) atoms. The lowest BCUT2D eigenvalue weighted by molar-refractivity contribution is -0.131. The third-order valence-corrected chi connectivity index (χ3v) is 6.00. The van der Waals surface area contributed by atoms with Gasteiger partial charge in [-0.2, -0.15) is 0 Å². The fraction of sp³-hybridized carbons (Fsp3) is 0.944. The highest BCUT2D eigenvalue weighted by atomic mass is 16.2. The standard InChI is InChI=1S/C18H32N2O/c1-3-13(2)16-18(21)20(12-6-7-14-10-11-14)17(19-16)15-8-4-5-9-15/h13-17,19H,3-12H2,1-2H3. The Kier molecular flexibility index (Phi) is 4.88. The molecule has 1 saturated heterocycles. The molecule has 1 heterocycles. The number of carbonyl (C=O) groups is 1. The van der Waals surface area contributed by atoms with Crippen molar-refractivity contribution in [3.63, 3.8) is 0 Å². The van der Waals surface area contributed by atoms with Crippen LogP contribution in [0.3, 0.4) is 0 Å². The third kappa shape index (κ3) is 3.44. The molecule has 3 fully saturated rings. The molecule has 3 nitrogen and oxygen atoms in total. The van der Waals surface area contributed by atoms with Crippen molar-refractivity contribution >= 4 is 5.91 Å². The maximum Gasteiger partial charge on any atom is 0.241 e. The van der Waals surface area contributed by atoms with Crippen molar-refractivity contribution in [1.82, 2.24) is 10.2 Å². The molecule has 1 aliphatic heterocycles. The van der Waals surface area contributed by atoms with E-state index in [0.717, 1.165) is 18.9 Å². The van der Waals surface area contributed by atoms with Crippen molar-refractivity contribution < 1.29 is 4.79 Å². The van der Waals surface area contributed by atoms with Crippen LogP contribution in [0.1, 0.15) is 71.6 Å². The quantitative estimate of drug-likeness (QED) is 0.778. The molecule has 0 radical (unpaired) electrons. The Balaban J connectivity index is 1.63. The molecule has 0 bridgehead atoms. The number of amides is 1. The SMILES string of the molecule is CCC(C)C1NC(C2CCCC2)N(CCCC2CC2)C1=O. The fourth-order valence-corrected chi connectivity index (χ4v) is 4.17. The molecule has 1 N–H and O–H groups in total. The van der Waals surface area contributed by atoms with Gasteiger partial charge in [-0.05, 0) is 43.4 Å². The predicted octanol–water partition coefficient (Wildman–Crippen LogP) is 3.54. The molecule has 3 atom stereocenters. The van der Waals surface area contributed by atoms with Gasteiger partial charge in [0.2, 0.25) is 5.91 Å². The minimum absolute atomic E-state index is 0.0709. The van der Waals surface area contributed by atoms with E-state index in [4.69, 9.17) is 0 Å². The molecule has 1 amide bonds. The molecule has 0 spiro atoms. The van der Waals surface area contributed by atoms with Gasteiger partial charge in [0, 0.05) is 6.54 Å². The first-order valence-corrected chi connectivity index (χ1v) is 9.27. The lowest BCUT2D eigenvalue weighted by Gasteiger charge is -2.29. The van der Waals surface area contributed by atoms with Crippen LogP contribution in [0.4, 0.5) is 0 Å². The summed E-state index contributed by atoms with van der Waals surface area (Å²) >= 11 is 0. The Morgan fingerprint density at radius 1 is 1.24 bits per heavy atom. The van der Waals surface area contributed by atoms with Crippen LogP contribution >= 0.6 is 0 Å². The van der Waals surface area contributed by atoms with Gasteiger partial charge in [-0.3, -0.25) is 10.1 Å². The second kappa shape index (κ2) is 6.68. The summed E-state index contributed by atoms with van der Waals surface area (Å²) in [5, 5.41) is 3.71. The summed E-state index contributed by atoms with van der Waals surface area (Å²) in [4.78, 5) is 15.0. The Morgan fingerprint density at radius 3 is 2.57 bits per heavy atom. The van der Waals surface area contributed by atoms with E-state index in [0.29, 0.717) is 23.9 Å². The number of nitrogens with one attached hydrogen (secondary N) is 1. The van der Waals surface area contributed by atoms with E-state index in [1.807, 2.05) is 0 Å². The first kappa shape index (κ1) is 15.3. The van der Waals surface area contributed by atoms with Crippen molar-refractivity contribution in [3.8, 4) is 0 Å². The van der Waals surface area contributed by atoms with Crippen molar-refractivity contribution in [2.45, 2.75) is 83.8 Å². The second-order valence-electron chi connectivity index (χ2n) is 7.64. The molecule has 3 aliphatic rings. The van der Waals surface area contributed by atoms with Gasteiger partial charge >= 0.3 is 0 Å². The zero-order valence-electron chi connectivity index (χ0n) is 13.8. The van der Waals surface area contributed by atoms with E-state index < -0.39 is 0 Å². The van der Waals surface area contributed by atoms with E-state index >= 15 is 0 Å². The van der Waals surface area contributed by atoms with Crippen LogP contribution < -0.4 is 5.32 Å². The van der Waals surface area contributed by atoms with Gasteiger partial charge in [0.25, 0.3) is 0 Å². The van der Waals surface area contributed by atoms with E-state index in [9.17, 15) is 4.79 Å². The molecule has 0 aromatic carbocycles. The van der Waals surface area contributed by atoms with Gasteiger partial charge in [0.15, 0.2) is 0 Å². The van der Waals surface area contributed by atoms with Gasteiger partial charge < -0.3 is 4.90 Å². The van der Waals surface area contributed by atoms with Crippen LogP contribution in [0.2, 0.25) is 0 Å². The number of carbonyl (C=O) groups excluding carboxylic acids is 1. The van der Waals surface area contributed by atoms with Crippen LogP contribution in [0.15, 0.2) is 0 Å². The maximum atomic E-state index is 12.8. The number of rotatable bonds is 7. The van der Waals surface area contributed by atoms with E-state index in [1.54, 1.807) is 0 Å². The second-order valence-corrected chi connectivity index (χ2v) is 7.64. The average molecular weight is 292 g/mol. The lowest BCUT2D eigenvalue weighted by Crippen LogP contribution is -2.43. The molecule has 2 saturated carbocycles. The molecular weight excluding hydrogens is 260 g/mol. The van der Waals surface area contributed by atoms with Crippen molar-refractivity contribution in [2.24, 2.45) is 17.8 Å². The van der Waals surface area contributed by atoms with Gasteiger partial charge in [-0.15, -0.1) is 0 Å². The van der Waals surface area contributed by atoms with Crippen LogP contribution in [-0.4, -0.2) is 29.6 Å². The molecule has 0 aromatic rings. The van der Waals surface area contributed by atoms with Crippen molar-refractivity contribution in [1.29, 1.82) is 0 Å². The van der Waals surface area contributed by atoms with E-state index in [-0.39, 0.29) is 6.04 Å². The molecule has 3 unspecified atom stereocenters. The van der Waals surface area contributed by atoms with Crippen LogP contribution in [0.5, 0.6) is 0 Å². The molecule has 0 aromatic heterocycles. The first-order valence-electron chi connectivity index (χ1n) is 9.27. The summed E-state index contributed by atoms with van der Waals surface area (Å²) in [6, 6.07) is 0.0709. The highest BCUT2D eigenvalue weighted by Gasteiger charge is 2.44. The van der Waals surface area contributed by atoms with Crippen LogP contribution in [-0.2, 0) is 4.79 Å². The summed E-state index contributed by atoms with van der Waals surface area (Å²) in [6.45, 7) is 5.39. The van der Waals surface area contributed by atoms with E-state index in [1.165, 1.54) is 51.4 Å². The lowest BCUT2D eigenvalue weighted by atomic mass is 9.99. The summed E-state index contributed by atoms with van der Waals surface area (Å²) in [7, 11) is 0. The Bertz CT molecular complexity index is 360. The van der Waals surface area contributed by atoms with Crippen LogP contribution in [0.25, 0.3) is 0 Å². The minimum atomic E-state index is 0.0709. The Morgan fingerprint density at radius 2 is 1.95 bits per heavy atom. The van der Waals surface area contributed by atoms with Gasteiger partial charge in [-0.25, -0.2) is 0 Å². The normalized spacial score (nSPS) is 32.1. The van der Waals surface area contributed by atoms with Gasteiger partial charge in [-0.1, -0.05) is 46.0 Å². The number of hydrogen-bond acceptors (Lipinski definition) is 2. The molecule has 3 heteroatoms. The van der Waals surface area contributed by atoms with E-state index in [2.05, 4.69) is 24.1 Å². The Labute approximate surface area is 129 Å². The zero-order chi connectivity index (χ0) is 14.8. The van der Waals surface area contributed by atoms with Crippen LogP contribution in [0, 0.1) is 17.8 Å². The average Bonchev–Trinajstić information content (AvgIpc) is 3.03. The molecular formula is C18H32N2O. The monoisotopic (exact) mass is 292 g/mol. The maximum absolute atomic E-state index is 12.8. The summed E-state index contributed by atoms with van der Waals surface area (Å²) < 4.78 is 0. The predicted molar refractivity (Wildman–Crippen MR) is 85.8 cm³/mol.